The average Bonchev–Trinajstić information content (AvgIpc) is 1.66. The third-order valence-electron chi connectivity index (χ3n) is 19.4. The largest absolute Gasteiger partial charge is 0.468 e. The van der Waals surface area contributed by atoms with Crippen LogP contribution >= 0.6 is 79.8 Å². The summed E-state index contributed by atoms with van der Waals surface area (Å²) in [6.45, 7) is 20.2. The summed E-state index contributed by atoms with van der Waals surface area (Å²) in [5.74, 6) is 3.38. The van der Waals surface area contributed by atoms with E-state index in [1.807, 2.05) is 59.7 Å². The molecule has 8 heterocycles. The minimum Gasteiger partial charge on any atom is -0.468 e. The van der Waals surface area contributed by atoms with E-state index in [1.165, 1.54) is 21.1 Å². The highest BCUT2D eigenvalue weighted by Crippen LogP contribution is 2.47. The van der Waals surface area contributed by atoms with Crippen molar-refractivity contribution in [2.45, 2.75) is 207 Å². The van der Waals surface area contributed by atoms with E-state index in [0.29, 0.717) is 159 Å². The van der Waals surface area contributed by atoms with Crippen molar-refractivity contribution in [1.82, 2.24) is 93.3 Å². The number of hydrogen-bond acceptors (Lipinski definition) is 40. The second kappa shape index (κ2) is 59.7. The molecule has 56 heteroatoms. The maximum atomic E-state index is 13.5. The number of esters is 2. The number of ether oxygens (including phenoxy) is 6. The summed E-state index contributed by atoms with van der Waals surface area (Å²) in [7, 11) is -12.1. The molecule has 145 heavy (non-hydrogen) atoms. The number of carbonyl (C=O) groups excluding carboxylic acids is 3. The molecule has 0 amide bonds. The van der Waals surface area contributed by atoms with Crippen molar-refractivity contribution in [1.29, 1.82) is 0 Å². The van der Waals surface area contributed by atoms with Gasteiger partial charge in [-0.1, -0.05) is 114 Å². The van der Waals surface area contributed by atoms with Gasteiger partial charge in [-0.05, 0) is 146 Å². The van der Waals surface area contributed by atoms with Gasteiger partial charge in [-0.15, -0.1) is 49.6 Å². The molecule has 0 saturated heterocycles. The number of methoxy groups -OCH3 is 2. The summed E-state index contributed by atoms with van der Waals surface area (Å²) in [5, 5.41) is 21.5. The zero-order chi connectivity index (χ0) is 102. The third-order valence-corrected chi connectivity index (χ3v) is 25.8. The molecular weight excluding hydrogens is 2040 g/mol. The number of carbonyl (C=O) groups is 3. The van der Waals surface area contributed by atoms with Gasteiger partial charge < -0.3 is 131 Å². The topological polar surface area (TPSA) is 673 Å². The van der Waals surface area contributed by atoms with Crippen LogP contribution in [0.1, 0.15) is 121 Å². The highest BCUT2D eigenvalue weighted by atomic mass is 35.5. The second-order valence-electron chi connectivity index (χ2n) is 34.2. The number of halogens is 4. The van der Waals surface area contributed by atoms with E-state index in [4.69, 9.17) is 86.7 Å². The summed E-state index contributed by atoms with van der Waals surface area (Å²) in [4.78, 5) is 97.1. The Balaban J connectivity index is 0.000000282. The Morgan fingerprint density at radius 2 is 0.572 bits per heavy atom. The first-order valence-electron chi connectivity index (χ1n) is 45.9. The van der Waals surface area contributed by atoms with Crippen LogP contribution in [0.5, 0.6) is 23.0 Å². The van der Waals surface area contributed by atoms with Gasteiger partial charge in [0.05, 0.1) is 72.0 Å². The van der Waals surface area contributed by atoms with Crippen molar-refractivity contribution < 1.29 is 84.1 Å². The maximum absolute atomic E-state index is 13.5. The van der Waals surface area contributed by atoms with Crippen LogP contribution in [0.2, 0.25) is 0 Å². The van der Waals surface area contributed by atoms with Crippen LogP contribution in [-0.4, -0.2) is 227 Å². The lowest BCUT2D eigenvalue weighted by Gasteiger charge is -2.23. The quantitative estimate of drug-likeness (QED) is 0.00957. The number of fused-ring (bicyclic) bond motifs is 4. The number of imidazole rings is 4. The number of nitrogen functional groups attached to an aromatic ring is 4. The molecule has 0 spiro atoms. The molecule has 4 unspecified atom stereocenters. The number of nitrogens with zero attached hydrogens (tertiary/aromatic N) is 16. The van der Waals surface area contributed by atoms with E-state index in [2.05, 4.69) is 96.3 Å². The van der Waals surface area contributed by atoms with E-state index < -0.39 is 66.6 Å². The van der Waals surface area contributed by atoms with E-state index in [-0.39, 0.29) is 125 Å². The third kappa shape index (κ3) is 42.4. The summed E-state index contributed by atoms with van der Waals surface area (Å²) < 4.78 is 114. The number of rotatable bonds is 45. The fourth-order valence-corrected chi connectivity index (χ4v) is 18.4. The normalized spacial score (nSPS) is 15.1. The second-order valence-corrected chi connectivity index (χ2v) is 42.1. The van der Waals surface area contributed by atoms with Gasteiger partial charge in [0.25, 0.3) is 0 Å². The van der Waals surface area contributed by atoms with Gasteiger partial charge in [0, 0.05) is 50.3 Å². The molecule has 12 aromatic rings. The van der Waals surface area contributed by atoms with Crippen molar-refractivity contribution in [2.24, 2.45) is 17.2 Å². The number of ketones is 1. The molecule has 4 aliphatic rings. The van der Waals surface area contributed by atoms with Crippen molar-refractivity contribution in [3.05, 3.63) is 147 Å². The molecule has 0 radical (unpaired) electrons. The fraction of sp³-hybridized carbons (Fsp3) is 0.472. The minimum atomic E-state index is -3.90. The molecule has 8 aromatic heterocycles. The van der Waals surface area contributed by atoms with Crippen molar-refractivity contribution in [3.8, 4) is 23.0 Å². The highest BCUT2D eigenvalue weighted by Gasteiger charge is 2.36. The van der Waals surface area contributed by atoms with Crippen LogP contribution in [0.15, 0.2) is 147 Å². The van der Waals surface area contributed by atoms with Gasteiger partial charge in [-0.2, -0.15) is 39.9 Å². The number of aromatic nitrogens is 16. The number of anilines is 8. The molecule has 4 aromatic carbocycles. The first-order chi connectivity index (χ1) is 67.3. The zero-order valence-electron chi connectivity index (χ0n) is 82.8. The van der Waals surface area contributed by atoms with Crippen LogP contribution in [0.4, 0.5) is 47.1 Å². The Hall–Kier alpha value is -11.1. The van der Waals surface area contributed by atoms with E-state index >= 15 is 0 Å². The molecule has 4 fully saturated rings. The van der Waals surface area contributed by atoms with Crippen molar-refractivity contribution in [2.75, 3.05) is 110 Å². The van der Waals surface area contributed by atoms with Gasteiger partial charge in [-0.3, -0.25) is 28.1 Å². The molecule has 22 N–H and O–H groups in total. The maximum Gasteiger partial charge on any atom is 0.402 e. The Morgan fingerprint density at radius 3 is 0.786 bits per heavy atom. The van der Waals surface area contributed by atoms with Crippen molar-refractivity contribution >= 4 is 189 Å². The Bertz CT molecular complexity index is 5980. The molecule has 48 nitrogen and oxygen atoms in total. The zero-order valence-corrected chi connectivity index (χ0v) is 89.6. The lowest BCUT2D eigenvalue weighted by Crippen LogP contribution is -2.35. The Morgan fingerprint density at radius 1 is 0.359 bits per heavy atom. The van der Waals surface area contributed by atoms with Crippen molar-refractivity contribution in [3.63, 3.8) is 0 Å². The number of para-hydroxylation sites is 4. The van der Waals surface area contributed by atoms with E-state index in [1.54, 1.807) is 167 Å². The molecule has 0 aliphatic heterocycles. The Kier molecular flexibility index (Phi) is 50.4. The lowest BCUT2D eigenvalue weighted by atomic mass is 10.3. The van der Waals surface area contributed by atoms with Gasteiger partial charge in [0.15, 0.2) is 74.3 Å². The average molecular weight is 2180 g/mol. The van der Waals surface area contributed by atoms with Crippen LogP contribution < -0.4 is 94.8 Å². The number of nitrogens with one attached hydrogen (secondary N) is 7. The van der Waals surface area contributed by atoms with Gasteiger partial charge in [0.2, 0.25) is 23.8 Å². The number of Topliss-reactive ketones (excluding diaryl/α,β-unsaturated/α-hetero) is 1. The summed E-state index contributed by atoms with van der Waals surface area (Å²) in [6, 6.07) is 34.9. The standard InChI is InChI=1S/2C21H28N7O5P.C21H28N7O4P.C17H21N6O4P.3C3H9N.4ClH/c2*1-14(20(29)31-2)27-34(30,33-16-6-4-3-5-7-16)13-32-11-10-28-12-23-17-18(24-15-8-9-15)25-21(22)26-19(17)28;1-14(15(2)29)27-33(30,32-17-6-4-3-5-7-17)13-31-11-10-28-12-23-18-19(24-16-8-9-16)25-21(22)26-20(18)28;18-17-21-15(20-12-6-7-12)14-16(22-17)23(10-19-14)8-9-26-11-28(24,25)27-13-4-2-1-3-5-13;3*1-3(2)4;;;;/h2*3-7,12,14-15H,8-11,13H2,1-2H3,(H,27,30)(H3,22,24,25,26);3-7,12,14,16H,8-11,13H2,1-2H3,(H,27,30)(H3,22,24,25,26);1-5,10,12H,6-9,11H2,(H,24,25)(H3,18,20,21,22);3*3H,4H2,1-2H3;4*1H/t2*14-,34?;14-,33?;;;;;;;;/m100......../s1. The molecular formula is C89H136Cl4N30O18P4. The minimum absolute atomic E-state index is 0. The summed E-state index contributed by atoms with van der Waals surface area (Å²) in [5.41, 5.74) is 43.7. The van der Waals surface area contributed by atoms with E-state index in [0.717, 1.165) is 51.4 Å². The fourth-order valence-electron chi connectivity index (χ4n) is 12.3. The molecule has 4 saturated carbocycles. The van der Waals surface area contributed by atoms with Crippen LogP contribution in [0.25, 0.3) is 44.7 Å². The first-order valence-corrected chi connectivity index (χ1v) is 53.1. The predicted octanol–water partition coefficient (Wildman–Crippen LogP) is 12.5. The van der Waals surface area contributed by atoms with Gasteiger partial charge in [0.1, 0.15) is 59.9 Å². The molecule has 798 valence electrons. The highest BCUT2D eigenvalue weighted by molar-refractivity contribution is 7.57. The molecule has 16 rings (SSSR count). The van der Waals surface area contributed by atoms with Gasteiger partial charge >= 0.3 is 42.1 Å². The summed E-state index contributed by atoms with van der Waals surface area (Å²) >= 11 is 0. The molecule has 4 aliphatic carbocycles. The smallest absolute Gasteiger partial charge is 0.402 e. The molecule has 0 bridgehead atoms. The van der Waals surface area contributed by atoms with Crippen LogP contribution in [-0.2, 0) is 87.2 Å². The Labute approximate surface area is 865 Å². The van der Waals surface area contributed by atoms with Crippen LogP contribution in [0.3, 0.4) is 0 Å². The first kappa shape index (κ1) is 123. The SMILES string of the molecule is CC(=O)[C@H](C)NP(=O)(COCCn1cnc2c(NC3CC3)nc(N)nc21)Oc1ccccc1.CC(C)N.CC(C)N.CC(C)N.COC(=O)[C@@H](C)NP(=O)(COCCn1cnc2c(NC3CC3)nc(N)nc21)Oc1ccccc1.COC(=O)[C@H](C)NP(=O)(COCCn1cnc2c(NC3CC3)nc(N)nc21)Oc1ccccc1.Cl.Cl.Cl.Cl.Nc1nc(NC2CC2)c2ncn(CCOCP(=O)(O)Oc3ccccc3)c2n1. The van der Waals surface area contributed by atoms with Crippen LogP contribution in [0, 0.1) is 0 Å². The predicted molar refractivity (Wildman–Crippen MR) is 569 cm³/mol. The van der Waals surface area contributed by atoms with E-state index in [9.17, 15) is 37.5 Å². The lowest BCUT2D eigenvalue weighted by molar-refractivity contribution is -0.143. The van der Waals surface area contributed by atoms with Gasteiger partial charge in [-0.25, -0.2) is 39.8 Å². The number of nitrogens with two attached hydrogens (primary N) is 7. The number of hydrogen-bond donors (Lipinski definition) is 15. The number of benzene rings is 4. The summed E-state index contributed by atoms with van der Waals surface area (Å²) in [6.07, 6.45) is 14.2. The monoisotopic (exact) mass is 2180 g/mol. The molecule has 7 atom stereocenters.